The Morgan fingerprint density at radius 3 is 2.71 bits per heavy atom. The molecule has 0 saturated carbocycles. The highest BCUT2D eigenvalue weighted by Crippen LogP contribution is 2.33. The minimum absolute atomic E-state index is 0.00748. The lowest BCUT2D eigenvalue weighted by molar-refractivity contribution is -0.134. The fourth-order valence-corrected chi connectivity index (χ4v) is 3.83. The summed E-state index contributed by atoms with van der Waals surface area (Å²) in [6, 6.07) is 1.85. The van der Waals surface area contributed by atoms with Crippen molar-refractivity contribution in [1.29, 1.82) is 0 Å². The van der Waals surface area contributed by atoms with Gasteiger partial charge in [0.25, 0.3) is 0 Å². The van der Waals surface area contributed by atoms with Gasteiger partial charge in [0, 0.05) is 59.1 Å². The molecule has 1 aromatic heterocycles. The van der Waals surface area contributed by atoms with Crippen LogP contribution >= 0.6 is 0 Å². The molecule has 0 unspecified atom stereocenters. The van der Waals surface area contributed by atoms with E-state index in [0.717, 1.165) is 31.6 Å². The fourth-order valence-electron chi connectivity index (χ4n) is 3.83. The first kappa shape index (κ1) is 20.5. The summed E-state index contributed by atoms with van der Waals surface area (Å²) >= 11 is 0. The monoisotopic (exact) mass is 391 g/mol. The zero-order valence-electron chi connectivity index (χ0n) is 16.6. The molecule has 2 aliphatic rings. The first-order valence-corrected chi connectivity index (χ1v) is 9.75. The second kappa shape index (κ2) is 9.79. The summed E-state index contributed by atoms with van der Waals surface area (Å²) in [6.45, 7) is 3.60. The molecule has 3 heterocycles. The van der Waals surface area contributed by atoms with Crippen LogP contribution in [0.1, 0.15) is 24.5 Å². The Balaban J connectivity index is 1.79. The summed E-state index contributed by atoms with van der Waals surface area (Å²) in [5, 5.41) is 2.90. The fraction of sp³-hybridized carbons (Fsp3) is 0.684. The number of carbonyl (C=O) groups excluding carboxylic acids is 2. The van der Waals surface area contributed by atoms with Crippen LogP contribution in [-0.2, 0) is 19.1 Å². The van der Waals surface area contributed by atoms with E-state index >= 15 is 0 Å². The summed E-state index contributed by atoms with van der Waals surface area (Å²) in [5.74, 6) is -0.0356. The standard InChI is InChI=1S/C19H29N5O4/c1-27-10-7-20-18(26)15-12-24(17(25)13-28-2)11-14(15)16-5-6-21-19(22-16)23-8-3-4-9-23/h5-6,14-15H,3-4,7-13H2,1-2H3,(H,20,26)/t14-,15-/m1/s1. The number of carbonyl (C=O) groups is 2. The van der Waals surface area contributed by atoms with Gasteiger partial charge in [-0.3, -0.25) is 9.59 Å². The molecule has 1 N–H and O–H groups in total. The number of methoxy groups -OCH3 is 2. The molecular formula is C19H29N5O4. The molecule has 0 bridgehead atoms. The van der Waals surface area contributed by atoms with Crippen molar-refractivity contribution in [2.45, 2.75) is 18.8 Å². The van der Waals surface area contributed by atoms with Crippen molar-refractivity contribution in [3.05, 3.63) is 18.0 Å². The van der Waals surface area contributed by atoms with Crippen LogP contribution in [0, 0.1) is 5.92 Å². The smallest absolute Gasteiger partial charge is 0.248 e. The maximum atomic E-state index is 12.8. The third kappa shape index (κ3) is 4.77. The van der Waals surface area contributed by atoms with Gasteiger partial charge in [-0.05, 0) is 18.9 Å². The molecule has 154 valence electrons. The molecule has 9 heteroatoms. The molecule has 1 aromatic rings. The predicted octanol–water partition coefficient (Wildman–Crippen LogP) is 0.0278. The Hall–Kier alpha value is -2.26. The summed E-state index contributed by atoms with van der Waals surface area (Å²) in [5.41, 5.74) is 0.802. The molecule has 2 atom stereocenters. The summed E-state index contributed by atoms with van der Waals surface area (Å²) in [6.07, 6.45) is 4.02. The molecule has 0 aromatic carbocycles. The van der Waals surface area contributed by atoms with Crippen LogP contribution in [0.4, 0.5) is 5.95 Å². The Morgan fingerprint density at radius 1 is 1.21 bits per heavy atom. The first-order chi connectivity index (χ1) is 13.6. The largest absolute Gasteiger partial charge is 0.383 e. The van der Waals surface area contributed by atoms with Crippen LogP contribution in [0.5, 0.6) is 0 Å². The Bertz CT molecular complexity index is 680. The Kier molecular flexibility index (Phi) is 7.16. The van der Waals surface area contributed by atoms with E-state index in [1.165, 1.54) is 7.11 Å². The van der Waals surface area contributed by atoms with Gasteiger partial charge >= 0.3 is 0 Å². The van der Waals surface area contributed by atoms with Crippen molar-refractivity contribution >= 4 is 17.8 Å². The van der Waals surface area contributed by atoms with Gasteiger partial charge in [-0.15, -0.1) is 0 Å². The second-order valence-corrected chi connectivity index (χ2v) is 7.20. The minimum Gasteiger partial charge on any atom is -0.383 e. The van der Waals surface area contributed by atoms with Gasteiger partial charge in [-0.2, -0.15) is 0 Å². The van der Waals surface area contributed by atoms with Crippen molar-refractivity contribution in [3.8, 4) is 0 Å². The molecule has 28 heavy (non-hydrogen) atoms. The topological polar surface area (TPSA) is 96.9 Å². The van der Waals surface area contributed by atoms with E-state index in [1.54, 1.807) is 18.2 Å². The number of hydrogen-bond acceptors (Lipinski definition) is 7. The number of aromatic nitrogens is 2. The zero-order chi connectivity index (χ0) is 19.9. The number of nitrogens with one attached hydrogen (secondary N) is 1. The van der Waals surface area contributed by atoms with E-state index in [1.807, 2.05) is 6.07 Å². The molecule has 2 fully saturated rings. The number of hydrogen-bond donors (Lipinski definition) is 1. The van der Waals surface area contributed by atoms with Crippen LogP contribution in [0.3, 0.4) is 0 Å². The van der Waals surface area contributed by atoms with Gasteiger partial charge < -0.3 is 24.6 Å². The number of anilines is 1. The maximum absolute atomic E-state index is 12.8. The van der Waals surface area contributed by atoms with Crippen molar-refractivity contribution in [1.82, 2.24) is 20.2 Å². The van der Waals surface area contributed by atoms with Gasteiger partial charge in [0.15, 0.2) is 0 Å². The summed E-state index contributed by atoms with van der Waals surface area (Å²) < 4.78 is 9.99. The van der Waals surface area contributed by atoms with Crippen molar-refractivity contribution in [3.63, 3.8) is 0 Å². The molecule has 2 saturated heterocycles. The third-order valence-electron chi connectivity index (χ3n) is 5.32. The van der Waals surface area contributed by atoms with E-state index in [9.17, 15) is 9.59 Å². The molecule has 0 aliphatic carbocycles. The lowest BCUT2D eigenvalue weighted by atomic mass is 9.92. The number of nitrogens with zero attached hydrogens (tertiary/aromatic N) is 4. The second-order valence-electron chi connectivity index (χ2n) is 7.20. The van der Waals surface area contributed by atoms with Crippen molar-refractivity contribution < 1.29 is 19.1 Å². The lowest BCUT2D eigenvalue weighted by Crippen LogP contribution is -2.37. The van der Waals surface area contributed by atoms with Gasteiger partial charge in [-0.25, -0.2) is 9.97 Å². The summed E-state index contributed by atoms with van der Waals surface area (Å²) in [4.78, 5) is 38.1. The van der Waals surface area contributed by atoms with E-state index in [0.29, 0.717) is 32.2 Å². The van der Waals surface area contributed by atoms with E-state index in [-0.39, 0.29) is 30.3 Å². The van der Waals surface area contributed by atoms with Crippen LogP contribution in [-0.4, -0.2) is 86.8 Å². The number of amides is 2. The van der Waals surface area contributed by atoms with Gasteiger partial charge in [0.2, 0.25) is 17.8 Å². The van der Waals surface area contributed by atoms with Crippen molar-refractivity contribution in [2.24, 2.45) is 5.92 Å². The maximum Gasteiger partial charge on any atom is 0.248 e. The average molecular weight is 391 g/mol. The number of likely N-dealkylation sites (tertiary alicyclic amines) is 1. The summed E-state index contributed by atoms with van der Waals surface area (Å²) in [7, 11) is 3.09. The molecule has 9 nitrogen and oxygen atoms in total. The lowest BCUT2D eigenvalue weighted by Gasteiger charge is -2.20. The van der Waals surface area contributed by atoms with Crippen molar-refractivity contribution in [2.75, 3.05) is 65.1 Å². The molecular weight excluding hydrogens is 362 g/mol. The zero-order valence-corrected chi connectivity index (χ0v) is 16.6. The van der Waals surface area contributed by atoms with E-state index in [4.69, 9.17) is 14.5 Å². The highest BCUT2D eigenvalue weighted by molar-refractivity contribution is 5.83. The molecule has 3 rings (SSSR count). The average Bonchev–Trinajstić information content (AvgIpc) is 3.39. The molecule has 0 spiro atoms. The van der Waals surface area contributed by atoms with E-state index < -0.39 is 0 Å². The van der Waals surface area contributed by atoms with Gasteiger partial charge in [0.05, 0.1) is 18.2 Å². The van der Waals surface area contributed by atoms with Crippen LogP contribution in [0.2, 0.25) is 0 Å². The van der Waals surface area contributed by atoms with Gasteiger partial charge in [0.1, 0.15) is 6.61 Å². The molecule has 2 amide bonds. The highest BCUT2D eigenvalue weighted by Gasteiger charge is 2.41. The highest BCUT2D eigenvalue weighted by atomic mass is 16.5. The number of rotatable bonds is 8. The van der Waals surface area contributed by atoms with Gasteiger partial charge in [-0.1, -0.05) is 0 Å². The SMILES string of the molecule is COCCNC(=O)[C@@H]1CN(C(=O)COC)C[C@H]1c1ccnc(N2CCCC2)n1. The van der Waals surface area contributed by atoms with Crippen LogP contribution in [0.25, 0.3) is 0 Å². The number of ether oxygens (including phenoxy) is 2. The van der Waals surface area contributed by atoms with Crippen LogP contribution < -0.4 is 10.2 Å². The molecule has 0 radical (unpaired) electrons. The van der Waals surface area contributed by atoms with E-state index in [2.05, 4.69) is 15.2 Å². The Morgan fingerprint density at radius 2 is 2.00 bits per heavy atom. The first-order valence-electron chi connectivity index (χ1n) is 9.75. The van der Waals surface area contributed by atoms with Crippen LogP contribution in [0.15, 0.2) is 12.3 Å². The Labute approximate surface area is 165 Å². The quantitative estimate of drug-likeness (QED) is 0.625. The predicted molar refractivity (Wildman–Crippen MR) is 103 cm³/mol. The third-order valence-corrected chi connectivity index (χ3v) is 5.32. The minimum atomic E-state index is -0.362. The normalized spacial score (nSPS) is 21.9. The molecule has 2 aliphatic heterocycles.